The van der Waals surface area contributed by atoms with Gasteiger partial charge < -0.3 is 18.6 Å². The third-order valence-electron chi connectivity index (χ3n) is 7.77. The highest BCUT2D eigenvalue weighted by Crippen LogP contribution is 2.15. The van der Waals surface area contributed by atoms with Crippen LogP contribution in [0, 0.1) is 41.5 Å². The molecule has 3 aromatic heterocycles. The van der Waals surface area contributed by atoms with Crippen molar-refractivity contribution < 1.29 is 0 Å². The van der Waals surface area contributed by atoms with Crippen molar-refractivity contribution in [3.63, 3.8) is 0 Å². The first-order chi connectivity index (χ1) is 16.1. The van der Waals surface area contributed by atoms with Crippen molar-refractivity contribution in [3.05, 3.63) is 51.6 Å². The highest BCUT2D eigenvalue weighted by atomic mass is 15.1. The van der Waals surface area contributed by atoms with Crippen molar-refractivity contribution >= 4 is 0 Å². The summed E-state index contributed by atoms with van der Waals surface area (Å²) in [6, 6.07) is 0. The molecule has 0 bridgehead atoms. The van der Waals surface area contributed by atoms with E-state index < -0.39 is 0 Å². The van der Waals surface area contributed by atoms with Gasteiger partial charge in [-0.05, 0) is 99.7 Å². The summed E-state index contributed by atoms with van der Waals surface area (Å²) in [7, 11) is 6.32. The molecule has 0 aliphatic rings. The fourth-order valence-electron chi connectivity index (χ4n) is 4.82. The van der Waals surface area contributed by atoms with Crippen molar-refractivity contribution in [2.24, 2.45) is 21.1 Å². The predicted octanol–water partition coefficient (Wildman–Crippen LogP) is 4.24. The van der Waals surface area contributed by atoms with Gasteiger partial charge in [0.05, 0.1) is 17.1 Å². The van der Waals surface area contributed by atoms with Gasteiger partial charge in [0.1, 0.15) is 17.5 Å². The van der Waals surface area contributed by atoms with E-state index in [1.54, 1.807) is 0 Å². The molecule has 0 amide bonds. The molecule has 0 saturated carbocycles. The van der Waals surface area contributed by atoms with Crippen LogP contribution in [-0.4, -0.2) is 53.2 Å². The van der Waals surface area contributed by atoms with E-state index in [0.717, 1.165) is 75.6 Å². The standard InChI is InChI=1S/C27H45N7/c1-19-25(28-22(4)31(19)7)13-10-16-34(17-11-14-26-20(2)32(8)23(5)29-26)18-12-15-27-21(3)33(9)24(6)30-27/h10-18H2,1-9H3. The number of hydrogen-bond acceptors (Lipinski definition) is 4. The average molecular weight is 468 g/mol. The molecule has 3 rings (SSSR count). The Hall–Kier alpha value is -2.41. The van der Waals surface area contributed by atoms with Gasteiger partial charge in [0.15, 0.2) is 0 Å². The van der Waals surface area contributed by atoms with E-state index in [9.17, 15) is 0 Å². The van der Waals surface area contributed by atoms with Gasteiger partial charge in [-0.3, -0.25) is 0 Å². The zero-order chi connectivity index (χ0) is 25.0. The van der Waals surface area contributed by atoms with E-state index in [2.05, 4.69) is 81.3 Å². The number of aromatic nitrogens is 6. The maximum absolute atomic E-state index is 4.77. The maximum Gasteiger partial charge on any atom is 0.105 e. The maximum atomic E-state index is 4.77. The van der Waals surface area contributed by atoms with Crippen molar-refractivity contribution in [2.75, 3.05) is 19.6 Å². The molecule has 7 heteroatoms. The molecule has 0 spiro atoms. The molecule has 3 aromatic rings. The Labute approximate surface area is 206 Å². The lowest BCUT2D eigenvalue weighted by atomic mass is 10.1. The molecule has 0 radical (unpaired) electrons. The molecule has 34 heavy (non-hydrogen) atoms. The van der Waals surface area contributed by atoms with Gasteiger partial charge in [-0.2, -0.15) is 0 Å². The van der Waals surface area contributed by atoms with Crippen LogP contribution >= 0.6 is 0 Å². The summed E-state index contributed by atoms with van der Waals surface area (Å²) in [5.41, 5.74) is 7.64. The molecule has 188 valence electrons. The molecule has 0 atom stereocenters. The fraction of sp³-hybridized carbons (Fsp3) is 0.667. The lowest BCUT2D eigenvalue weighted by molar-refractivity contribution is 0.263. The van der Waals surface area contributed by atoms with Crippen molar-refractivity contribution in [1.29, 1.82) is 0 Å². The summed E-state index contributed by atoms with van der Waals surface area (Å²) in [5, 5.41) is 0. The zero-order valence-corrected chi connectivity index (χ0v) is 23.0. The SMILES string of the molecule is Cc1nc(CCCN(CCCc2nc(C)n(C)c2C)CCCc2nc(C)n(C)c2C)c(C)n1C. The smallest absolute Gasteiger partial charge is 0.105 e. The molecule has 0 aliphatic carbocycles. The second-order valence-electron chi connectivity index (χ2n) is 9.90. The van der Waals surface area contributed by atoms with Crippen LogP contribution in [0.3, 0.4) is 0 Å². The van der Waals surface area contributed by atoms with Crippen LogP contribution in [0.15, 0.2) is 0 Å². The molecule has 0 aromatic carbocycles. The molecule has 0 N–H and O–H groups in total. The van der Waals surface area contributed by atoms with Gasteiger partial charge in [0, 0.05) is 38.2 Å². The molecule has 0 unspecified atom stereocenters. The molecule has 0 aliphatic heterocycles. The number of aryl methyl sites for hydroxylation is 6. The average Bonchev–Trinajstić information content (AvgIpc) is 3.30. The fourth-order valence-corrected chi connectivity index (χ4v) is 4.82. The van der Waals surface area contributed by atoms with E-state index in [1.807, 2.05) is 0 Å². The van der Waals surface area contributed by atoms with Gasteiger partial charge in [0.25, 0.3) is 0 Å². The summed E-state index contributed by atoms with van der Waals surface area (Å²) >= 11 is 0. The molecule has 7 nitrogen and oxygen atoms in total. The normalized spacial score (nSPS) is 11.8. The van der Waals surface area contributed by atoms with Crippen LogP contribution in [0.2, 0.25) is 0 Å². The monoisotopic (exact) mass is 467 g/mol. The molecule has 0 saturated heterocycles. The minimum Gasteiger partial charge on any atom is -0.335 e. The van der Waals surface area contributed by atoms with Gasteiger partial charge in [-0.15, -0.1) is 0 Å². The van der Waals surface area contributed by atoms with Crippen molar-refractivity contribution in [3.8, 4) is 0 Å². The Bertz CT molecular complexity index is 961. The lowest BCUT2D eigenvalue weighted by Gasteiger charge is -2.22. The topological polar surface area (TPSA) is 56.7 Å². The molecular weight excluding hydrogens is 422 g/mol. The Balaban J connectivity index is 1.56. The molecule has 0 fully saturated rings. The minimum absolute atomic E-state index is 1.04. The van der Waals surface area contributed by atoms with Gasteiger partial charge in [-0.1, -0.05) is 0 Å². The van der Waals surface area contributed by atoms with Crippen LogP contribution in [-0.2, 0) is 40.4 Å². The van der Waals surface area contributed by atoms with Crippen molar-refractivity contribution in [1.82, 2.24) is 33.6 Å². The number of nitrogens with zero attached hydrogens (tertiary/aromatic N) is 7. The van der Waals surface area contributed by atoms with Crippen LogP contribution in [0.4, 0.5) is 0 Å². The Morgan fingerprint density at radius 1 is 0.500 bits per heavy atom. The third kappa shape index (κ3) is 5.98. The summed E-state index contributed by atoms with van der Waals surface area (Å²) < 4.78 is 6.59. The zero-order valence-electron chi connectivity index (χ0n) is 23.0. The van der Waals surface area contributed by atoms with E-state index in [4.69, 9.17) is 15.0 Å². The van der Waals surface area contributed by atoms with E-state index in [0.29, 0.717) is 0 Å². The van der Waals surface area contributed by atoms with Crippen LogP contribution in [0.1, 0.15) is 70.9 Å². The largest absolute Gasteiger partial charge is 0.335 e. The summed E-state index contributed by atoms with van der Waals surface area (Å²) in [6.45, 7) is 16.1. The van der Waals surface area contributed by atoms with E-state index in [1.165, 1.54) is 34.2 Å². The lowest BCUT2D eigenvalue weighted by Crippen LogP contribution is -2.28. The van der Waals surface area contributed by atoms with Gasteiger partial charge in [-0.25, -0.2) is 15.0 Å². The number of hydrogen-bond donors (Lipinski definition) is 0. The molecular formula is C27H45N7. The van der Waals surface area contributed by atoms with Crippen LogP contribution in [0.5, 0.6) is 0 Å². The van der Waals surface area contributed by atoms with Crippen LogP contribution < -0.4 is 0 Å². The first-order valence-electron chi connectivity index (χ1n) is 12.8. The van der Waals surface area contributed by atoms with E-state index >= 15 is 0 Å². The summed E-state index contributed by atoms with van der Waals surface area (Å²) in [4.78, 5) is 17.0. The number of rotatable bonds is 12. The van der Waals surface area contributed by atoms with Gasteiger partial charge >= 0.3 is 0 Å². The van der Waals surface area contributed by atoms with Gasteiger partial charge in [0.2, 0.25) is 0 Å². The highest BCUT2D eigenvalue weighted by Gasteiger charge is 2.13. The minimum atomic E-state index is 1.04. The van der Waals surface area contributed by atoms with Crippen LogP contribution in [0.25, 0.3) is 0 Å². The Kier molecular flexibility index (Phi) is 8.74. The Morgan fingerprint density at radius 2 is 0.765 bits per heavy atom. The molecule has 3 heterocycles. The van der Waals surface area contributed by atoms with E-state index in [-0.39, 0.29) is 0 Å². The second kappa shape index (κ2) is 11.3. The first kappa shape index (κ1) is 26.2. The Morgan fingerprint density at radius 3 is 0.971 bits per heavy atom. The predicted molar refractivity (Wildman–Crippen MR) is 139 cm³/mol. The van der Waals surface area contributed by atoms with Crippen molar-refractivity contribution in [2.45, 2.75) is 80.1 Å². The number of imidazole rings is 3. The highest BCUT2D eigenvalue weighted by molar-refractivity contribution is 5.16. The first-order valence-corrected chi connectivity index (χ1v) is 12.8. The quantitative estimate of drug-likeness (QED) is 0.400. The summed E-state index contributed by atoms with van der Waals surface area (Å²) in [5.74, 6) is 3.31. The summed E-state index contributed by atoms with van der Waals surface area (Å²) in [6.07, 6.45) is 6.55. The second-order valence-corrected chi connectivity index (χ2v) is 9.90. The third-order valence-corrected chi connectivity index (χ3v) is 7.77.